The van der Waals surface area contributed by atoms with E-state index in [1.54, 1.807) is 16.7 Å². The first-order valence-electron chi connectivity index (χ1n) is 10.9. The molecule has 5 heteroatoms. The van der Waals surface area contributed by atoms with Crippen molar-refractivity contribution in [3.63, 3.8) is 0 Å². The fourth-order valence-electron chi connectivity index (χ4n) is 3.75. The zero-order valence-electron chi connectivity index (χ0n) is 17.8. The van der Waals surface area contributed by atoms with Crippen LogP contribution in [0.5, 0.6) is 0 Å². The minimum absolute atomic E-state index is 0.0175. The Bertz CT molecular complexity index is 797. The zero-order chi connectivity index (χ0) is 21.2. The van der Waals surface area contributed by atoms with E-state index in [-0.39, 0.29) is 29.7 Å². The average molecular weight is 425 g/mol. The number of carbonyl (C=O) groups is 2. The normalized spacial score (nSPS) is 18.2. The number of hydrogen-bond acceptors (Lipinski definition) is 3. The topological polar surface area (TPSA) is 49.4 Å². The van der Waals surface area contributed by atoms with Crippen LogP contribution in [-0.4, -0.2) is 35.2 Å². The fourth-order valence-corrected chi connectivity index (χ4v) is 5.06. The number of unbranched alkanes of at least 4 members (excludes halogenated alkanes) is 3. The first-order valence-corrected chi connectivity index (χ1v) is 12.0. The third-order valence-electron chi connectivity index (χ3n) is 5.54. The molecule has 2 unspecified atom stereocenters. The smallest absolute Gasteiger partial charge is 0.239 e. The number of aryl methyl sites for hydroxylation is 1. The predicted octanol–water partition coefficient (Wildman–Crippen LogP) is 4.64. The van der Waals surface area contributed by atoms with Crippen LogP contribution in [0.25, 0.3) is 0 Å². The summed E-state index contributed by atoms with van der Waals surface area (Å²) in [5.74, 6) is 0.863. The van der Waals surface area contributed by atoms with E-state index in [1.807, 2.05) is 31.2 Å². The molecule has 0 aliphatic carbocycles. The van der Waals surface area contributed by atoms with Gasteiger partial charge in [-0.05, 0) is 30.4 Å². The number of nitrogens with zero attached hydrogens (tertiary/aromatic N) is 1. The summed E-state index contributed by atoms with van der Waals surface area (Å²) in [5, 5.41) is 3.06. The van der Waals surface area contributed by atoms with Crippen molar-refractivity contribution in [3.8, 4) is 0 Å². The Morgan fingerprint density at radius 3 is 2.27 bits per heavy atom. The molecular formula is C25H32N2O2S. The van der Waals surface area contributed by atoms with Crippen molar-refractivity contribution in [2.45, 2.75) is 50.2 Å². The van der Waals surface area contributed by atoms with E-state index < -0.39 is 0 Å². The van der Waals surface area contributed by atoms with Gasteiger partial charge in [-0.15, -0.1) is 11.8 Å². The van der Waals surface area contributed by atoms with Gasteiger partial charge in [-0.25, -0.2) is 0 Å². The SMILES string of the molecule is CC1C(=O)N(CC(=O)NCCCCCCc2ccccc2)C1SCc1ccccc1. The molecule has 1 saturated heterocycles. The minimum atomic E-state index is -0.0511. The van der Waals surface area contributed by atoms with E-state index in [9.17, 15) is 9.59 Å². The monoisotopic (exact) mass is 424 g/mol. The van der Waals surface area contributed by atoms with Gasteiger partial charge in [-0.2, -0.15) is 0 Å². The summed E-state index contributed by atoms with van der Waals surface area (Å²) in [5.41, 5.74) is 2.63. The van der Waals surface area contributed by atoms with Crippen LogP contribution in [-0.2, 0) is 21.8 Å². The number of rotatable bonds is 12. The number of amides is 2. The van der Waals surface area contributed by atoms with Crippen molar-refractivity contribution >= 4 is 23.6 Å². The van der Waals surface area contributed by atoms with E-state index in [1.165, 1.54) is 24.0 Å². The first-order chi connectivity index (χ1) is 14.6. The molecule has 2 amide bonds. The molecule has 2 aromatic rings. The number of benzene rings is 2. The highest BCUT2D eigenvalue weighted by Crippen LogP contribution is 2.36. The fraction of sp³-hybridized carbons (Fsp3) is 0.440. The number of carbonyl (C=O) groups excluding carboxylic acids is 2. The van der Waals surface area contributed by atoms with Crippen LogP contribution in [0.2, 0.25) is 0 Å². The van der Waals surface area contributed by atoms with Crippen molar-refractivity contribution < 1.29 is 9.59 Å². The number of likely N-dealkylation sites (tertiary alicyclic amines) is 1. The molecule has 1 aliphatic rings. The molecule has 1 fully saturated rings. The minimum Gasteiger partial charge on any atom is -0.355 e. The highest BCUT2D eigenvalue weighted by atomic mass is 32.2. The van der Waals surface area contributed by atoms with Gasteiger partial charge in [0.25, 0.3) is 0 Å². The Morgan fingerprint density at radius 1 is 0.933 bits per heavy atom. The standard InChI is InChI=1S/C25H32N2O2S/c1-20-24(29)27(25(20)30-19-22-15-9-5-10-16-22)18-23(28)26-17-11-3-2-6-12-21-13-7-4-8-14-21/h4-5,7-10,13-16,20,25H,2-3,6,11-12,17-19H2,1H3,(H,26,28). The molecule has 2 aromatic carbocycles. The molecule has 3 rings (SSSR count). The second kappa shape index (κ2) is 11.8. The van der Waals surface area contributed by atoms with Crippen molar-refractivity contribution in [2.75, 3.05) is 13.1 Å². The van der Waals surface area contributed by atoms with Gasteiger partial charge in [0.2, 0.25) is 11.8 Å². The highest BCUT2D eigenvalue weighted by Gasteiger charge is 2.44. The summed E-state index contributed by atoms with van der Waals surface area (Å²) >= 11 is 1.74. The maximum Gasteiger partial charge on any atom is 0.239 e. The van der Waals surface area contributed by atoms with Crippen LogP contribution in [0.1, 0.15) is 43.7 Å². The van der Waals surface area contributed by atoms with E-state index in [2.05, 4.69) is 41.7 Å². The number of nitrogens with one attached hydrogen (secondary N) is 1. The molecule has 160 valence electrons. The van der Waals surface area contributed by atoms with E-state index >= 15 is 0 Å². The molecule has 1 N–H and O–H groups in total. The second-order valence-corrected chi connectivity index (χ2v) is 9.05. The van der Waals surface area contributed by atoms with Gasteiger partial charge in [0.15, 0.2) is 0 Å². The lowest BCUT2D eigenvalue weighted by molar-refractivity contribution is -0.152. The number of hydrogen-bond donors (Lipinski definition) is 1. The lowest BCUT2D eigenvalue weighted by Crippen LogP contribution is -2.60. The molecule has 0 bridgehead atoms. The van der Waals surface area contributed by atoms with Gasteiger partial charge in [0, 0.05) is 12.3 Å². The maximum atomic E-state index is 12.3. The Hall–Kier alpha value is -2.27. The Balaban J connectivity index is 1.28. The summed E-state index contributed by atoms with van der Waals surface area (Å²) in [4.78, 5) is 26.2. The molecule has 1 heterocycles. The van der Waals surface area contributed by atoms with E-state index in [0.717, 1.165) is 25.0 Å². The molecule has 0 aromatic heterocycles. The Kier molecular flexibility index (Phi) is 8.81. The van der Waals surface area contributed by atoms with Gasteiger partial charge < -0.3 is 10.2 Å². The molecule has 30 heavy (non-hydrogen) atoms. The Morgan fingerprint density at radius 2 is 1.57 bits per heavy atom. The first kappa shape index (κ1) is 22.4. The van der Waals surface area contributed by atoms with Crippen LogP contribution in [0, 0.1) is 5.92 Å². The quantitative estimate of drug-likeness (QED) is 0.399. The van der Waals surface area contributed by atoms with E-state index in [4.69, 9.17) is 0 Å². The molecule has 0 radical (unpaired) electrons. The molecule has 0 spiro atoms. The molecule has 4 nitrogen and oxygen atoms in total. The second-order valence-electron chi connectivity index (χ2n) is 7.94. The van der Waals surface area contributed by atoms with Crippen molar-refractivity contribution in [3.05, 3.63) is 71.8 Å². The largest absolute Gasteiger partial charge is 0.355 e. The van der Waals surface area contributed by atoms with Crippen LogP contribution < -0.4 is 5.32 Å². The molecule has 1 aliphatic heterocycles. The number of β-lactam (4-membered cyclic amide) rings is 1. The maximum absolute atomic E-state index is 12.3. The van der Waals surface area contributed by atoms with Crippen LogP contribution in [0.4, 0.5) is 0 Å². The lowest BCUT2D eigenvalue weighted by atomic mass is 10.0. The van der Waals surface area contributed by atoms with Gasteiger partial charge in [-0.1, -0.05) is 80.4 Å². The third-order valence-corrected chi connectivity index (χ3v) is 7.05. The van der Waals surface area contributed by atoms with Crippen LogP contribution in [0.3, 0.4) is 0 Å². The van der Waals surface area contributed by atoms with Crippen LogP contribution in [0.15, 0.2) is 60.7 Å². The van der Waals surface area contributed by atoms with Gasteiger partial charge in [0.1, 0.15) is 6.54 Å². The highest BCUT2D eigenvalue weighted by molar-refractivity contribution is 7.99. The summed E-state index contributed by atoms with van der Waals surface area (Å²) in [6.45, 7) is 2.81. The average Bonchev–Trinajstić information content (AvgIpc) is 2.79. The molecule has 0 saturated carbocycles. The molecule has 2 atom stereocenters. The van der Waals surface area contributed by atoms with Crippen molar-refractivity contribution in [1.82, 2.24) is 10.2 Å². The lowest BCUT2D eigenvalue weighted by Gasteiger charge is -2.44. The Labute approximate surface area is 184 Å². The third kappa shape index (κ3) is 6.63. The van der Waals surface area contributed by atoms with Crippen LogP contribution >= 0.6 is 11.8 Å². The summed E-state index contributed by atoms with van der Waals surface area (Å²) in [6.07, 6.45) is 5.56. The molecular weight excluding hydrogens is 392 g/mol. The van der Waals surface area contributed by atoms with Gasteiger partial charge in [0.05, 0.1) is 11.3 Å². The van der Waals surface area contributed by atoms with Crippen molar-refractivity contribution in [1.29, 1.82) is 0 Å². The van der Waals surface area contributed by atoms with Gasteiger partial charge >= 0.3 is 0 Å². The van der Waals surface area contributed by atoms with Gasteiger partial charge in [-0.3, -0.25) is 9.59 Å². The summed E-state index contributed by atoms with van der Waals surface area (Å²) < 4.78 is 0. The van der Waals surface area contributed by atoms with Crippen molar-refractivity contribution in [2.24, 2.45) is 5.92 Å². The summed E-state index contributed by atoms with van der Waals surface area (Å²) in [6, 6.07) is 20.8. The van der Waals surface area contributed by atoms with E-state index in [0.29, 0.717) is 6.54 Å². The number of thioether (sulfide) groups is 1. The predicted molar refractivity (Wildman–Crippen MR) is 124 cm³/mol. The summed E-state index contributed by atoms with van der Waals surface area (Å²) in [7, 11) is 0. The zero-order valence-corrected chi connectivity index (χ0v) is 18.6.